The monoisotopic (exact) mass is 274 g/mol. The molecule has 0 aromatic rings. The predicted molar refractivity (Wildman–Crippen MR) is 59.8 cm³/mol. The van der Waals surface area contributed by atoms with Crippen molar-refractivity contribution in [1.29, 1.82) is 0 Å². The van der Waals surface area contributed by atoms with Crippen molar-refractivity contribution in [3.8, 4) is 0 Å². The third kappa shape index (κ3) is 1.77. The van der Waals surface area contributed by atoms with E-state index in [4.69, 9.17) is 0 Å². The highest BCUT2D eigenvalue weighted by molar-refractivity contribution is 9.09. The van der Waals surface area contributed by atoms with Crippen molar-refractivity contribution in [2.24, 2.45) is 5.41 Å². The number of hydrogen-bond acceptors (Lipinski definition) is 2. The number of likely N-dealkylation sites (N-methyl/N-ethyl adjacent to an activating group) is 1. The first-order chi connectivity index (χ1) is 7.08. The lowest BCUT2D eigenvalue weighted by atomic mass is 9.70. The van der Waals surface area contributed by atoms with Crippen LogP contribution in [0.3, 0.4) is 0 Å². The molecular formula is C10H15BrN2O2. The zero-order chi connectivity index (χ0) is 11.1. The molecule has 1 heterocycles. The maximum Gasteiger partial charge on any atom is 0.326 e. The first-order valence-corrected chi connectivity index (χ1v) is 6.32. The molecule has 0 radical (unpaired) electrons. The highest BCUT2D eigenvalue weighted by atomic mass is 79.9. The number of halogens is 1. The van der Waals surface area contributed by atoms with Gasteiger partial charge in [0.1, 0.15) is 6.54 Å². The smallest absolute Gasteiger partial charge is 0.318 e. The second-order valence-corrected chi connectivity index (χ2v) is 5.17. The zero-order valence-corrected chi connectivity index (χ0v) is 10.4. The number of urea groups is 1. The zero-order valence-electron chi connectivity index (χ0n) is 8.83. The van der Waals surface area contributed by atoms with E-state index in [1.807, 2.05) is 0 Å². The van der Waals surface area contributed by atoms with Crippen LogP contribution in [0.25, 0.3) is 0 Å². The minimum Gasteiger partial charge on any atom is -0.318 e. The third-order valence-electron chi connectivity index (χ3n) is 3.42. The molecule has 1 saturated heterocycles. The van der Waals surface area contributed by atoms with Gasteiger partial charge >= 0.3 is 6.03 Å². The van der Waals surface area contributed by atoms with Crippen LogP contribution in [-0.2, 0) is 4.79 Å². The molecule has 0 aromatic carbocycles. The van der Waals surface area contributed by atoms with Crippen molar-refractivity contribution < 1.29 is 9.59 Å². The highest BCUT2D eigenvalue weighted by Gasteiger charge is 2.43. The van der Waals surface area contributed by atoms with Gasteiger partial charge in [0.25, 0.3) is 0 Å². The second-order valence-electron chi connectivity index (χ2n) is 4.61. The maximum atomic E-state index is 11.7. The van der Waals surface area contributed by atoms with E-state index in [0.717, 1.165) is 18.2 Å². The number of alkyl halides is 1. The lowest BCUT2D eigenvalue weighted by molar-refractivity contribution is -0.126. The molecule has 1 aliphatic carbocycles. The maximum absolute atomic E-state index is 11.7. The Morgan fingerprint density at radius 1 is 1.40 bits per heavy atom. The second kappa shape index (κ2) is 3.77. The van der Waals surface area contributed by atoms with E-state index in [1.165, 1.54) is 16.2 Å². The number of nitrogens with zero attached hydrogens (tertiary/aromatic N) is 2. The van der Waals surface area contributed by atoms with Crippen LogP contribution in [0.1, 0.15) is 19.3 Å². The lowest BCUT2D eigenvalue weighted by Gasteiger charge is -2.42. The molecule has 2 rings (SSSR count). The molecule has 0 N–H and O–H groups in total. The summed E-state index contributed by atoms with van der Waals surface area (Å²) in [6.45, 7) is 0.817. The van der Waals surface area contributed by atoms with Gasteiger partial charge in [0.05, 0.1) is 0 Å². The van der Waals surface area contributed by atoms with E-state index in [2.05, 4.69) is 15.9 Å². The summed E-state index contributed by atoms with van der Waals surface area (Å²) in [4.78, 5) is 26.1. The van der Waals surface area contributed by atoms with Crippen molar-refractivity contribution >= 4 is 27.9 Å². The van der Waals surface area contributed by atoms with E-state index < -0.39 is 0 Å². The molecule has 15 heavy (non-hydrogen) atoms. The molecule has 2 aliphatic rings. The van der Waals surface area contributed by atoms with Gasteiger partial charge in [-0.25, -0.2) is 4.79 Å². The Morgan fingerprint density at radius 3 is 2.40 bits per heavy atom. The summed E-state index contributed by atoms with van der Waals surface area (Å²) in [5, 5.41) is 0.876. The molecule has 1 saturated carbocycles. The number of hydrogen-bond donors (Lipinski definition) is 0. The fraction of sp³-hybridized carbons (Fsp3) is 0.800. The third-order valence-corrected chi connectivity index (χ3v) is 4.61. The number of rotatable bonds is 3. The normalized spacial score (nSPS) is 24.7. The summed E-state index contributed by atoms with van der Waals surface area (Å²) in [5.74, 6) is -0.0604. The first kappa shape index (κ1) is 10.9. The summed E-state index contributed by atoms with van der Waals surface area (Å²) in [6, 6.07) is -0.146. The van der Waals surface area contributed by atoms with Crippen LogP contribution >= 0.6 is 15.9 Å². The summed E-state index contributed by atoms with van der Waals surface area (Å²) in [5.41, 5.74) is 0.149. The van der Waals surface area contributed by atoms with Gasteiger partial charge in [-0.15, -0.1) is 0 Å². The molecule has 0 spiro atoms. The van der Waals surface area contributed by atoms with Crippen LogP contribution < -0.4 is 0 Å². The largest absolute Gasteiger partial charge is 0.326 e. The minimum atomic E-state index is -0.146. The quantitative estimate of drug-likeness (QED) is 0.577. The van der Waals surface area contributed by atoms with Crippen LogP contribution in [0.15, 0.2) is 0 Å². The van der Waals surface area contributed by atoms with Crippen LogP contribution in [0.2, 0.25) is 0 Å². The van der Waals surface area contributed by atoms with Crippen LogP contribution in [0.5, 0.6) is 0 Å². The van der Waals surface area contributed by atoms with E-state index >= 15 is 0 Å². The standard InChI is InChI=1S/C10H15BrN2O2/c1-12-5-8(14)13(9(12)15)7-10(6-11)3-2-4-10/h2-7H2,1H3. The van der Waals surface area contributed by atoms with Gasteiger partial charge in [-0.05, 0) is 18.3 Å². The number of imide groups is 1. The molecule has 5 heteroatoms. The molecule has 2 fully saturated rings. The molecule has 0 unspecified atom stereocenters. The Hall–Kier alpha value is -0.580. The molecule has 84 valence electrons. The number of carbonyl (C=O) groups excluding carboxylic acids is 2. The Labute approximate surface area is 97.7 Å². The van der Waals surface area contributed by atoms with Gasteiger partial charge < -0.3 is 4.90 Å². The number of amides is 3. The summed E-state index contributed by atoms with van der Waals surface area (Å²) in [7, 11) is 1.67. The molecular weight excluding hydrogens is 260 g/mol. The summed E-state index contributed by atoms with van der Waals surface area (Å²) < 4.78 is 0. The predicted octanol–water partition coefficient (Wildman–Crippen LogP) is 1.45. The molecule has 1 aliphatic heterocycles. The van der Waals surface area contributed by atoms with Crippen molar-refractivity contribution in [1.82, 2.24) is 9.80 Å². The van der Waals surface area contributed by atoms with Crippen molar-refractivity contribution in [3.63, 3.8) is 0 Å². The van der Waals surface area contributed by atoms with Crippen molar-refractivity contribution in [2.75, 3.05) is 25.5 Å². The molecule has 0 aromatic heterocycles. The molecule has 3 amide bonds. The molecule has 0 bridgehead atoms. The van der Waals surface area contributed by atoms with Gasteiger partial charge in [-0.3, -0.25) is 9.69 Å². The van der Waals surface area contributed by atoms with E-state index in [1.54, 1.807) is 7.05 Å². The van der Waals surface area contributed by atoms with Crippen molar-refractivity contribution in [3.05, 3.63) is 0 Å². The number of carbonyl (C=O) groups is 2. The summed E-state index contributed by atoms with van der Waals surface area (Å²) in [6.07, 6.45) is 3.43. The highest BCUT2D eigenvalue weighted by Crippen LogP contribution is 2.43. The SMILES string of the molecule is CN1CC(=O)N(CC2(CBr)CCC2)C1=O. The van der Waals surface area contributed by atoms with Gasteiger partial charge in [-0.1, -0.05) is 22.4 Å². The van der Waals surface area contributed by atoms with Gasteiger partial charge in [-0.2, -0.15) is 0 Å². The Bertz CT molecular complexity index is 296. The van der Waals surface area contributed by atoms with Crippen LogP contribution in [-0.4, -0.2) is 47.2 Å². The fourth-order valence-corrected chi connectivity index (χ4v) is 2.91. The van der Waals surface area contributed by atoms with E-state index in [-0.39, 0.29) is 23.9 Å². The fourth-order valence-electron chi connectivity index (χ4n) is 2.17. The Balaban J connectivity index is 2.05. The Morgan fingerprint density at radius 2 is 2.07 bits per heavy atom. The molecule has 4 nitrogen and oxygen atoms in total. The summed E-state index contributed by atoms with van der Waals surface area (Å²) >= 11 is 3.48. The van der Waals surface area contributed by atoms with Gasteiger partial charge in [0.15, 0.2) is 0 Å². The Kier molecular flexibility index (Phi) is 2.75. The topological polar surface area (TPSA) is 40.6 Å². The minimum absolute atomic E-state index is 0.0604. The van der Waals surface area contributed by atoms with E-state index in [9.17, 15) is 9.59 Å². The average molecular weight is 275 g/mol. The van der Waals surface area contributed by atoms with Gasteiger partial charge in [0.2, 0.25) is 5.91 Å². The van der Waals surface area contributed by atoms with Crippen LogP contribution in [0.4, 0.5) is 4.79 Å². The average Bonchev–Trinajstić information content (AvgIpc) is 2.37. The lowest BCUT2D eigenvalue weighted by Crippen LogP contribution is -2.46. The molecule has 0 atom stereocenters. The van der Waals surface area contributed by atoms with E-state index in [0.29, 0.717) is 6.54 Å². The van der Waals surface area contributed by atoms with Gasteiger partial charge in [0, 0.05) is 18.9 Å². The first-order valence-electron chi connectivity index (χ1n) is 5.19. The van der Waals surface area contributed by atoms with Crippen molar-refractivity contribution in [2.45, 2.75) is 19.3 Å². The van der Waals surface area contributed by atoms with Crippen LogP contribution in [0, 0.1) is 5.41 Å².